The molecule has 0 atom stereocenters. The van der Waals surface area contributed by atoms with Gasteiger partial charge >= 0.3 is 0 Å². The van der Waals surface area contributed by atoms with Crippen LogP contribution in [0.1, 0.15) is 11.3 Å². The molecule has 2 aromatic carbocycles. The largest absolute Gasteiger partial charge is 0.224 e. The molecule has 1 heterocycles. The Morgan fingerprint density at radius 3 is 2.30 bits per heavy atom. The molecule has 0 unspecified atom stereocenters. The Balaban J connectivity index is 1.66. The highest BCUT2D eigenvalue weighted by Crippen LogP contribution is 2.12. The molecule has 118 valence electrons. The number of sulfone groups is 1. The van der Waals surface area contributed by atoms with E-state index in [-0.39, 0.29) is 0 Å². The van der Waals surface area contributed by atoms with E-state index in [1.807, 2.05) is 48.7 Å². The quantitative estimate of drug-likeness (QED) is 0.722. The molecule has 0 aliphatic rings. The lowest BCUT2D eigenvalue weighted by Crippen LogP contribution is -1.98. The van der Waals surface area contributed by atoms with Crippen molar-refractivity contribution in [3.8, 4) is 5.69 Å². The van der Waals surface area contributed by atoms with Crippen molar-refractivity contribution < 1.29 is 8.42 Å². The van der Waals surface area contributed by atoms with Gasteiger partial charge in [-0.1, -0.05) is 35.5 Å². The van der Waals surface area contributed by atoms with Crippen LogP contribution in [-0.2, 0) is 22.7 Å². The fourth-order valence-electron chi connectivity index (χ4n) is 2.30. The molecule has 0 fully saturated rings. The lowest BCUT2D eigenvalue weighted by molar-refractivity contribution is 0.602. The van der Waals surface area contributed by atoms with Crippen LogP contribution in [0.4, 0.5) is 0 Å². The predicted octanol–water partition coefficient (Wildman–Crippen LogP) is 2.46. The lowest BCUT2D eigenvalue weighted by atomic mass is 10.1. The maximum absolute atomic E-state index is 11.4. The molecular formula is C17H17N3O2S. The van der Waals surface area contributed by atoms with Crippen molar-refractivity contribution in [2.75, 3.05) is 6.26 Å². The van der Waals surface area contributed by atoms with Crippen molar-refractivity contribution in [3.05, 3.63) is 72.1 Å². The van der Waals surface area contributed by atoms with Gasteiger partial charge in [0.05, 0.1) is 22.5 Å². The maximum atomic E-state index is 11.4. The van der Waals surface area contributed by atoms with Crippen molar-refractivity contribution in [1.82, 2.24) is 15.0 Å². The van der Waals surface area contributed by atoms with Gasteiger partial charge in [0.15, 0.2) is 9.84 Å². The molecule has 0 bridgehead atoms. The molecule has 5 nitrogen and oxygen atoms in total. The summed E-state index contributed by atoms with van der Waals surface area (Å²) in [6, 6.07) is 16.8. The van der Waals surface area contributed by atoms with Crippen LogP contribution in [-0.4, -0.2) is 29.7 Å². The number of hydrogen-bond acceptors (Lipinski definition) is 4. The van der Waals surface area contributed by atoms with Crippen LogP contribution in [0, 0.1) is 0 Å². The zero-order valence-electron chi connectivity index (χ0n) is 12.8. The molecule has 0 aliphatic carbocycles. The Kier molecular flexibility index (Phi) is 4.25. The SMILES string of the molecule is CS(=O)(=O)c1ccc(CCc2cn(-c3ccccc3)nn2)cc1. The highest BCUT2D eigenvalue weighted by atomic mass is 32.2. The van der Waals surface area contributed by atoms with Crippen molar-refractivity contribution in [1.29, 1.82) is 0 Å². The normalized spacial score (nSPS) is 11.5. The van der Waals surface area contributed by atoms with Crippen LogP contribution < -0.4 is 0 Å². The second kappa shape index (κ2) is 6.34. The third-order valence-electron chi connectivity index (χ3n) is 3.58. The molecule has 0 saturated heterocycles. The van der Waals surface area contributed by atoms with Gasteiger partial charge in [-0.3, -0.25) is 0 Å². The number of para-hydroxylation sites is 1. The second-order valence-electron chi connectivity index (χ2n) is 5.41. The summed E-state index contributed by atoms with van der Waals surface area (Å²) < 4.78 is 24.6. The summed E-state index contributed by atoms with van der Waals surface area (Å²) in [5.74, 6) is 0. The van der Waals surface area contributed by atoms with Gasteiger partial charge < -0.3 is 0 Å². The molecule has 23 heavy (non-hydrogen) atoms. The van der Waals surface area contributed by atoms with Crippen molar-refractivity contribution in [3.63, 3.8) is 0 Å². The average Bonchev–Trinajstić information content (AvgIpc) is 3.02. The van der Waals surface area contributed by atoms with Crippen LogP contribution in [0.25, 0.3) is 5.69 Å². The number of rotatable bonds is 5. The van der Waals surface area contributed by atoms with E-state index in [9.17, 15) is 8.42 Å². The highest BCUT2D eigenvalue weighted by Gasteiger charge is 2.07. The van der Waals surface area contributed by atoms with Gasteiger partial charge in [0.25, 0.3) is 0 Å². The molecule has 6 heteroatoms. The monoisotopic (exact) mass is 327 g/mol. The van der Waals surface area contributed by atoms with Gasteiger partial charge in [-0.25, -0.2) is 13.1 Å². The number of nitrogens with zero attached hydrogens (tertiary/aromatic N) is 3. The molecule has 0 spiro atoms. The molecule has 0 saturated carbocycles. The lowest BCUT2D eigenvalue weighted by Gasteiger charge is -2.02. The molecular weight excluding hydrogens is 310 g/mol. The zero-order valence-corrected chi connectivity index (χ0v) is 13.6. The van der Waals surface area contributed by atoms with E-state index < -0.39 is 9.84 Å². The Hall–Kier alpha value is -2.47. The van der Waals surface area contributed by atoms with Crippen molar-refractivity contribution in [2.45, 2.75) is 17.7 Å². The molecule has 0 aliphatic heterocycles. The summed E-state index contributed by atoms with van der Waals surface area (Å²) in [6.07, 6.45) is 4.67. The Labute approximate surface area is 135 Å². The van der Waals surface area contributed by atoms with E-state index in [2.05, 4.69) is 10.3 Å². The third-order valence-corrected chi connectivity index (χ3v) is 4.71. The number of aromatic nitrogens is 3. The fourth-order valence-corrected chi connectivity index (χ4v) is 2.93. The summed E-state index contributed by atoms with van der Waals surface area (Å²) in [6.45, 7) is 0. The summed E-state index contributed by atoms with van der Waals surface area (Å²) >= 11 is 0. The first-order valence-electron chi connectivity index (χ1n) is 7.28. The molecule has 0 radical (unpaired) electrons. The Bertz CT molecular complexity index is 885. The van der Waals surface area contributed by atoms with Crippen LogP contribution in [0.15, 0.2) is 65.7 Å². The maximum Gasteiger partial charge on any atom is 0.175 e. The first-order valence-corrected chi connectivity index (χ1v) is 9.17. The number of aryl methyl sites for hydroxylation is 2. The summed E-state index contributed by atoms with van der Waals surface area (Å²) in [7, 11) is -3.14. The molecule has 3 aromatic rings. The van der Waals surface area contributed by atoms with Gasteiger partial charge in [-0.2, -0.15) is 0 Å². The van der Waals surface area contributed by atoms with Crippen LogP contribution in [0.2, 0.25) is 0 Å². The van der Waals surface area contributed by atoms with E-state index in [4.69, 9.17) is 0 Å². The number of hydrogen-bond donors (Lipinski definition) is 0. The molecule has 1 aromatic heterocycles. The molecule has 3 rings (SSSR count). The van der Waals surface area contributed by atoms with Crippen LogP contribution in [0.3, 0.4) is 0 Å². The van der Waals surface area contributed by atoms with E-state index in [1.54, 1.807) is 16.8 Å². The van der Waals surface area contributed by atoms with E-state index in [0.29, 0.717) is 4.90 Å². The Morgan fingerprint density at radius 2 is 1.65 bits per heavy atom. The van der Waals surface area contributed by atoms with Gasteiger partial charge in [0.1, 0.15) is 0 Å². The zero-order chi connectivity index (χ0) is 16.3. The van der Waals surface area contributed by atoms with E-state index in [1.165, 1.54) is 6.26 Å². The molecule has 0 N–H and O–H groups in total. The average molecular weight is 327 g/mol. The minimum absolute atomic E-state index is 0.344. The number of benzene rings is 2. The van der Waals surface area contributed by atoms with Crippen LogP contribution >= 0.6 is 0 Å². The van der Waals surface area contributed by atoms with E-state index >= 15 is 0 Å². The van der Waals surface area contributed by atoms with Crippen molar-refractivity contribution >= 4 is 9.84 Å². The second-order valence-corrected chi connectivity index (χ2v) is 7.42. The summed E-state index contributed by atoms with van der Waals surface area (Å²) in [5, 5.41) is 8.31. The highest BCUT2D eigenvalue weighted by molar-refractivity contribution is 7.90. The predicted molar refractivity (Wildman–Crippen MR) is 88.3 cm³/mol. The van der Waals surface area contributed by atoms with Gasteiger partial charge in [-0.05, 0) is 42.7 Å². The van der Waals surface area contributed by atoms with Gasteiger partial charge in [-0.15, -0.1) is 5.10 Å². The van der Waals surface area contributed by atoms with Gasteiger partial charge in [0, 0.05) is 6.26 Å². The van der Waals surface area contributed by atoms with Crippen molar-refractivity contribution in [2.24, 2.45) is 0 Å². The Morgan fingerprint density at radius 1 is 0.957 bits per heavy atom. The standard InChI is InChI=1S/C17H17N3O2S/c1-23(21,22)17-11-8-14(9-12-17)7-10-15-13-20(19-18-15)16-5-3-2-4-6-16/h2-6,8-9,11-13H,7,10H2,1H3. The topological polar surface area (TPSA) is 64.8 Å². The molecule has 0 amide bonds. The first kappa shape index (κ1) is 15.4. The fraction of sp³-hybridized carbons (Fsp3) is 0.176. The minimum atomic E-state index is -3.14. The van der Waals surface area contributed by atoms with Gasteiger partial charge in [0.2, 0.25) is 0 Å². The first-order chi connectivity index (χ1) is 11.0. The smallest absolute Gasteiger partial charge is 0.175 e. The van der Waals surface area contributed by atoms with E-state index in [0.717, 1.165) is 29.8 Å². The minimum Gasteiger partial charge on any atom is -0.224 e. The third kappa shape index (κ3) is 3.84. The summed E-state index contributed by atoms with van der Waals surface area (Å²) in [5.41, 5.74) is 2.96. The van der Waals surface area contributed by atoms with Crippen LogP contribution in [0.5, 0.6) is 0 Å². The summed E-state index contributed by atoms with van der Waals surface area (Å²) in [4.78, 5) is 0.344.